The topological polar surface area (TPSA) is 138 Å². The molecule has 0 saturated carbocycles. The van der Waals surface area contributed by atoms with Crippen molar-refractivity contribution in [2.24, 2.45) is 13.0 Å². The van der Waals surface area contributed by atoms with Crippen LogP contribution in [0.1, 0.15) is 43.5 Å². The molecule has 10 nitrogen and oxygen atoms in total. The lowest BCUT2D eigenvalue weighted by Gasteiger charge is -2.20. The number of fused-ring (bicyclic) bond motifs is 1. The lowest BCUT2D eigenvalue weighted by Crippen LogP contribution is -2.44. The predicted molar refractivity (Wildman–Crippen MR) is 118 cm³/mol. The number of aromatic amines is 2. The lowest BCUT2D eigenvalue weighted by molar-refractivity contribution is -0.126. The van der Waals surface area contributed by atoms with Crippen LogP contribution >= 0.6 is 0 Å². The van der Waals surface area contributed by atoms with E-state index in [1.807, 2.05) is 27.7 Å². The first kappa shape index (κ1) is 22.3. The average Bonchev–Trinajstić information content (AvgIpc) is 3.28. The van der Waals surface area contributed by atoms with Crippen molar-refractivity contribution < 1.29 is 9.59 Å². The van der Waals surface area contributed by atoms with Gasteiger partial charge in [-0.3, -0.25) is 24.2 Å². The summed E-state index contributed by atoms with van der Waals surface area (Å²) < 4.78 is 1.64. The zero-order chi connectivity index (χ0) is 22.7. The maximum Gasteiger partial charge on any atom is 0.253 e. The number of nitrogens with zero attached hydrogens (tertiary/aromatic N) is 3. The number of aryl methyl sites for hydroxylation is 3. The van der Waals surface area contributed by atoms with Gasteiger partial charge in [0.15, 0.2) is 0 Å². The van der Waals surface area contributed by atoms with Crippen molar-refractivity contribution in [2.45, 2.75) is 53.0 Å². The van der Waals surface area contributed by atoms with Crippen LogP contribution in [0, 0.1) is 19.8 Å². The Morgan fingerprint density at radius 1 is 1.26 bits per heavy atom. The Bertz CT molecular complexity index is 1140. The minimum Gasteiger partial charge on any atom is -0.344 e. The van der Waals surface area contributed by atoms with E-state index in [9.17, 15) is 14.4 Å². The first-order chi connectivity index (χ1) is 14.7. The molecule has 0 aliphatic rings. The van der Waals surface area contributed by atoms with E-state index >= 15 is 0 Å². The Hall–Kier alpha value is -3.43. The number of carbonyl (C=O) groups is 2. The van der Waals surface area contributed by atoms with Gasteiger partial charge in [-0.1, -0.05) is 13.8 Å². The van der Waals surface area contributed by atoms with Crippen LogP contribution in [0.4, 0.5) is 5.82 Å². The summed E-state index contributed by atoms with van der Waals surface area (Å²) >= 11 is 0. The van der Waals surface area contributed by atoms with Crippen LogP contribution in [0.3, 0.4) is 0 Å². The second kappa shape index (κ2) is 9.15. The minimum absolute atomic E-state index is 0.0979. The maximum absolute atomic E-state index is 12.6. The van der Waals surface area contributed by atoms with Gasteiger partial charge in [0, 0.05) is 30.5 Å². The third kappa shape index (κ3) is 5.01. The van der Waals surface area contributed by atoms with Crippen LogP contribution in [0.15, 0.2) is 17.1 Å². The molecular formula is C21H29N7O3. The SMILES string of the molecule is Cc1nn(C)c2[nH]c(=O)c(CCC(=O)NC(CC(C)C)C(=O)Nc3ccn[nH]3)c(C)c12. The molecule has 4 N–H and O–H groups in total. The summed E-state index contributed by atoms with van der Waals surface area (Å²) in [6.07, 6.45) is 2.40. The number of H-pyrrole nitrogens is 2. The third-order valence-electron chi connectivity index (χ3n) is 5.28. The zero-order valence-electron chi connectivity index (χ0n) is 18.5. The van der Waals surface area contributed by atoms with E-state index in [4.69, 9.17) is 0 Å². The molecule has 0 fully saturated rings. The Labute approximate surface area is 179 Å². The zero-order valence-corrected chi connectivity index (χ0v) is 18.5. The average molecular weight is 428 g/mol. The van der Waals surface area contributed by atoms with Crippen LogP contribution in [-0.4, -0.2) is 42.8 Å². The molecule has 1 atom stereocenters. The largest absolute Gasteiger partial charge is 0.344 e. The molecule has 1 unspecified atom stereocenters. The Morgan fingerprint density at radius 3 is 2.65 bits per heavy atom. The molecule has 31 heavy (non-hydrogen) atoms. The van der Waals surface area contributed by atoms with Gasteiger partial charge in [0.05, 0.1) is 11.9 Å². The van der Waals surface area contributed by atoms with E-state index in [1.165, 1.54) is 6.20 Å². The van der Waals surface area contributed by atoms with E-state index in [2.05, 4.69) is 30.9 Å². The fourth-order valence-corrected chi connectivity index (χ4v) is 3.81. The van der Waals surface area contributed by atoms with Gasteiger partial charge in [-0.2, -0.15) is 10.2 Å². The molecule has 3 heterocycles. The first-order valence-electron chi connectivity index (χ1n) is 10.3. The van der Waals surface area contributed by atoms with Gasteiger partial charge in [-0.25, -0.2) is 0 Å². The number of amides is 2. The van der Waals surface area contributed by atoms with Gasteiger partial charge in [0.1, 0.15) is 17.5 Å². The van der Waals surface area contributed by atoms with Gasteiger partial charge in [0.2, 0.25) is 11.8 Å². The van der Waals surface area contributed by atoms with Crippen molar-refractivity contribution in [1.82, 2.24) is 30.3 Å². The van der Waals surface area contributed by atoms with Gasteiger partial charge in [-0.15, -0.1) is 0 Å². The van der Waals surface area contributed by atoms with E-state index in [0.717, 1.165) is 16.6 Å². The first-order valence-corrected chi connectivity index (χ1v) is 10.3. The third-order valence-corrected chi connectivity index (χ3v) is 5.28. The molecule has 3 aromatic rings. The molecular weight excluding hydrogens is 398 g/mol. The van der Waals surface area contributed by atoms with Crippen LogP contribution in [0.25, 0.3) is 11.0 Å². The molecule has 2 amide bonds. The van der Waals surface area contributed by atoms with Crippen molar-refractivity contribution in [3.8, 4) is 0 Å². The Balaban J connectivity index is 1.71. The highest BCUT2D eigenvalue weighted by molar-refractivity contribution is 5.96. The van der Waals surface area contributed by atoms with Crippen molar-refractivity contribution in [3.05, 3.63) is 39.4 Å². The monoisotopic (exact) mass is 427 g/mol. The highest BCUT2D eigenvalue weighted by Gasteiger charge is 2.23. The number of hydrogen-bond acceptors (Lipinski definition) is 5. The summed E-state index contributed by atoms with van der Waals surface area (Å²) in [6.45, 7) is 7.73. The summed E-state index contributed by atoms with van der Waals surface area (Å²) in [5, 5.41) is 17.3. The van der Waals surface area contributed by atoms with E-state index in [0.29, 0.717) is 23.4 Å². The number of rotatable bonds is 8. The van der Waals surface area contributed by atoms with Gasteiger partial charge in [-0.05, 0) is 38.2 Å². The molecule has 0 radical (unpaired) electrons. The molecule has 0 saturated heterocycles. The second-order valence-corrected chi connectivity index (χ2v) is 8.20. The van der Waals surface area contributed by atoms with Crippen molar-refractivity contribution in [1.29, 1.82) is 0 Å². The van der Waals surface area contributed by atoms with E-state index in [-0.39, 0.29) is 36.1 Å². The minimum atomic E-state index is -0.682. The highest BCUT2D eigenvalue weighted by Crippen LogP contribution is 2.21. The van der Waals surface area contributed by atoms with Gasteiger partial charge in [0.25, 0.3) is 5.56 Å². The van der Waals surface area contributed by atoms with Crippen LogP contribution in [-0.2, 0) is 23.1 Å². The van der Waals surface area contributed by atoms with Crippen molar-refractivity contribution in [2.75, 3.05) is 5.32 Å². The molecule has 0 aliphatic carbocycles. The molecule has 166 valence electrons. The summed E-state index contributed by atoms with van der Waals surface area (Å²) in [7, 11) is 1.78. The predicted octanol–water partition coefficient (Wildman–Crippen LogP) is 1.70. The molecule has 0 spiro atoms. The fourth-order valence-electron chi connectivity index (χ4n) is 3.81. The van der Waals surface area contributed by atoms with Crippen LogP contribution in [0.2, 0.25) is 0 Å². The summed E-state index contributed by atoms with van der Waals surface area (Å²) in [4.78, 5) is 40.7. The Morgan fingerprint density at radius 2 is 2.00 bits per heavy atom. The molecule has 0 bridgehead atoms. The van der Waals surface area contributed by atoms with Gasteiger partial charge >= 0.3 is 0 Å². The van der Waals surface area contributed by atoms with E-state index in [1.54, 1.807) is 17.8 Å². The van der Waals surface area contributed by atoms with Crippen LogP contribution < -0.4 is 16.2 Å². The van der Waals surface area contributed by atoms with Crippen LogP contribution in [0.5, 0.6) is 0 Å². The maximum atomic E-state index is 12.6. The summed E-state index contributed by atoms with van der Waals surface area (Å²) in [5.74, 6) is 0.0779. The standard InChI is InChI=1S/C21H29N7O3/c1-11(2)10-15(21(31)24-16-8-9-22-26-16)23-17(29)7-6-14-12(3)18-13(4)27-28(5)19(18)25-20(14)30/h8-9,11,15H,6-7,10H2,1-5H3,(H,23,29)(H,25,30)(H2,22,24,26,31). The molecule has 0 aliphatic heterocycles. The smallest absolute Gasteiger partial charge is 0.253 e. The number of nitrogens with one attached hydrogen (secondary N) is 4. The number of anilines is 1. The number of aromatic nitrogens is 5. The van der Waals surface area contributed by atoms with Gasteiger partial charge < -0.3 is 15.6 Å². The van der Waals surface area contributed by atoms with E-state index < -0.39 is 6.04 Å². The van der Waals surface area contributed by atoms with Crippen molar-refractivity contribution in [3.63, 3.8) is 0 Å². The Kier molecular flexibility index (Phi) is 6.57. The van der Waals surface area contributed by atoms with Crippen molar-refractivity contribution >= 4 is 28.7 Å². The molecule has 3 aromatic heterocycles. The molecule has 3 rings (SSSR count). The highest BCUT2D eigenvalue weighted by atomic mass is 16.2. The summed E-state index contributed by atoms with van der Waals surface area (Å²) in [6, 6.07) is 0.954. The lowest BCUT2D eigenvalue weighted by atomic mass is 10.0. The number of carbonyl (C=O) groups excluding carboxylic acids is 2. The number of hydrogen-bond donors (Lipinski definition) is 4. The summed E-state index contributed by atoms with van der Waals surface area (Å²) in [5.41, 5.74) is 2.65. The quantitative estimate of drug-likeness (QED) is 0.434. The second-order valence-electron chi connectivity index (χ2n) is 8.20. The molecule has 10 heteroatoms. The fraction of sp³-hybridized carbons (Fsp3) is 0.476. The number of pyridine rings is 1. The normalized spacial score (nSPS) is 12.3. The molecule has 0 aromatic carbocycles.